The third-order valence-corrected chi connectivity index (χ3v) is 3.63. The van der Waals surface area contributed by atoms with Crippen LogP contribution in [0.2, 0.25) is 0 Å². The fraction of sp³-hybridized carbons (Fsp3) is 0.0952. The Kier molecular flexibility index (Phi) is 5.28. The van der Waals surface area contributed by atoms with Crippen LogP contribution >= 0.6 is 0 Å². The Labute approximate surface area is 145 Å². The van der Waals surface area contributed by atoms with Crippen LogP contribution in [0, 0.1) is 17.7 Å². The molecule has 0 saturated heterocycles. The molecule has 0 bridgehead atoms. The molecular weight excluding hydrogens is 317 g/mol. The number of rotatable bonds is 3. The summed E-state index contributed by atoms with van der Waals surface area (Å²) in [5.74, 6) is 5.54. The lowest BCUT2D eigenvalue weighted by molar-refractivity contribution is 0.141. The number of hydrogen-bond acceptors (Lipinski definition) is 2. The first-order valence-electron chi connectivity index (χ1n) is 7.85. The van der Waals surface area contributed by atoms with E-state index in [-0.39, 0.29) is 19.0 Å². The zero-order valence-electron chi connectivity index (χ0n) is 13.5. The van der Waals surface area contributed by atoms with Gasteiger partial charge in [0.15, 0.2) is 0 Å². The molecule has 1 amide bonds. The molecule has 0 radical (unpaired) electrons. The highest BCUT2D eigenvalue weighted by Crippen LogP contribution is 2.20. The highest BCUT2D eigenvalue weighted by molar-refractivity contribution is 5.88. The molecule has 0 aliphatic carbocycles. The number of carbonyl (C=O) groups is 1. The quantitative estimate of drug-likeness (QED) is 0.728. The number of ether oxygens (including phenoxy) is 1. The summed E-state index contributed by atoms with van der Waals surface area (Å²) in [6.07, 6.45) is -0.526. The molecule has 0 saturated carbocycles. The number of benzene rings is 3. The minimum atomic E-state index is -0.526. The van der Waals surface area contributed by atoms with Crippen molar-refractivity contribution in [2.75, 3.05) is 6.54 Å². The molecular formula is C21H16FNO2. The fourth-order valence-electron chi connectivity index (χ4n) is 2.40. The summed E-state index contributed by atoms with van der Waals surface area (Å²) in [5, 5.41) is 3.86. The zero-order valence-corrected chi connectivity index (χ0v) is 13.5. The molecule has 3 nitrogen and oxygen atoms in total. The predicted octanol–water partition coefficient (Wildman–Crippen LogP) is 4.26. The first-order chi connectivity index (χ1) is 12.2. The molecule has 124 valence electrons. The van der Waals surface area contributed by atoms with Gasteiger partial charge in [0.25, 0.3) is 0 Å². The molecule has 3 aromatic carbocycles. The first kappa shape index (κ1) is 16.5. The summed E-state index contributed by atoms with van der Waals surface area (Å²) in [4.78, 5) is 11.6. The van der Waals surface area contributed by atoms with Crippen LogP contribution in [0.4, 0.5) is 9.18 Å². The largest absolute Gasteiger partial charge is 0.445 e. The lowest BCUT2D eigenvalue weighted by atomic mass is 10.0. The van der Waals surface area contributed by atoms with Crippen molar-refractivity contribution in [3.05, 3.63) is 83.7 Å². The van der Waals surface area contributed by atoms with Gasteiger partial charge in [-0.05, 0) is 17.7 Å². The van der Waals surface area contributed by atoms with Gasteiger partial charge in [-0.1, -0.05) is 66.4 Å². The molecule has 0 fully saturated rings. The summed E-state index contributed by atoms with van der Waals surface area (Å²) in [6.45, 7) is 0.363. The second-order valence-corrected chi connectivity index (χ2v) is 5.36. The van der Waals surface area contributed by atoms with Gasteiger partial charge in [0.05, 0.1) is 6.54 Å². The van der Waals surface area contributed by atoms with Gasteiger partial charge in [-0.25, -0.2) is 9.18 Å². The molecule has 0 aliphatic heterocycles. The minimum absolute atomic E-state index is 0.152. The van der Waals surface area contributed by atoms with Crippen molar-refractivity contribution in [2.45, 2.75) is 6.61 Å². The van der Waals surface area contributed by atoms with Crippen molar-refractivity contribution in [2.24, 2.45) is 0 Å². The van der Waals surface area contributed by atoms with E-state index in [1.54, 1.807) is 18.2 Å². The highest BCUT2D eigenvalue weighted by atomic mass is 19.1. The average Bonchev–Trinajstić information content (AvgIpc) is 2.66. The van der Waals surface area contributed by atoms with Crippen LogP contribution < -0.4 is 5.32 Å². The van der Waals surface area contributed by atoms with E-state index < -0.39 is 6.09 Å². The smallest absolute Gasteiger partial charge is 0.408 e. The Morgan fingerprint density at radius 2 is 1.68 bits per heavy atom. The van der Waals surface area contributed by atoms with E-state index >= 15 is 0 Å². The SMILES string of the molecule is O=C(NCC#Cc1ccc(F)c2ccccc12)OCc1ccccc1. The lowest BCUT2D eigenvalue weighted by Gasteiger charge is -2.04. The second-order valence-electron chi connectivity index (χ2n) is 5.36. The van der Waals surface area contributed by atoms with E-state index in [1.165, 1.54) is 6.07 Å². The molecule has 0 unspecified atom stereocenters. The minimum Gasteiger partial charge on any atom is -0.445 e. The molecule has 0 atom stereocenters. The molecule has 0 aliphatic rings. The van der Waals surface area contributed by atoms with Gasteiger partial charge >= 0.3 is 6.09 Å². The molecule has 0 heterocycles. The standard InChI is InChI=1S/C21H16FNO2/c22-20-13-12-17(18-10-4-5-11-19(18)20)9-6-14-23-21(24)25-15-16-7-2-1-3-8-16/h1-5,7-8,10-13H,14-15H2,(H,23,24). The summed E-state index contributed by atoms with van der Waals surface area (Å²) in [7, 11) is 0. The van der Waals surface area contributed by atoms with Crippen molar-refractivity contribution in [1.82, 2.24) is 5.32 Å². The number of halogens is 1. The maximum Gasteiger partial charge on any atom is 0.408 e. The molecule has 3 rings (SSSR count). The van der Waals surface area contributed by atoms with Gasteiger partial charge in [-0.15, -0.1) is 0 Å². The summed E-state index contributed by atoms with van der Waals surface area (Å²) in [6, 6.07) is 19.6. The Bertz CT molecular complexity index is 942. The maximum absolute atomic E-state index is 13.8. The van der Waals surface area contributed by atoms with Crippen LogP contribution in [0.3, 0.4) is 0 Å². The van der Waals surface area contributed by atoms with E-state index in [0.717, 1.165) is 16.5 Å². The highest BCUT2D eigenvalue weighted by Gasteiger charge is 2.03. The van der Waals surface area contributed by atoms with Crippen LogP contribution in [0.15, 0.2) is 66.7 Å². The van der Waals surface area contributed by atoms with E-state index in [4.69, 9.17) is 4.74 Å². The summed E-state index contributed by atoms with van der Waals surface area (Å²) in [5.41, 5.74) is 1.64. The number of amides is 1. The number of alkyl carbamates (subject to hydrolysis) is 1. The molecule has 4 heteroatoms. The third-order valence-electron chi connectivity index (χ3n) is 3.63. The number of carbonyl (C=O) groups excluding carboxylic acids is 1. The van der Waals surface area contributed by atoms with Crippen LogP contribution in [-0.4, -0.2) is 12.6 Å². The summed E-state index contributed by atoms with van der Waals surface area (Å²) >= 11 is 0. The van der Waals surface area contributed by atoms with Gasteiger partial charge < -0.3 is 10.1 Å². The maximum atomic E-state index is 13.8. The molecule has 25 heavy (non-hydrogen) atoms. The van der Waals surface area contributed by atoms with Gasteiger partial charge in [-0.3, -0.25) is 0 Å². The molecule has 3 aromatic rings. The van der Waals surface area contributed by atoms with Gasteiger partial charge in [-0.2, -0.15) is 0 Å². The average molecular weight is 333 g/mol. The van der Waals surface area contributed by atoms with Crippen LogP contribution in [0.1, 0.15) is 11.1 Å². The van der Waals surface area contributed by atoms with Crippen molar-refractivity contribution < 1.29 is 13.9 Å². The normalized spacial score (nSPS) is 9.96. The lowest BCUT2D eigenvalue weighted by Crippen LogP contribution is -2.24. The number of nitrogens with one attached hydrogen (secondary N) is 1. The van der Waals surface area contributed by atoms with Crippen molar-refractivity contribution in [3.63, 3.8) is 0 Å². The van der Waals surface area contributed by atoms with Crippen molar-refractivity contribution in [1.29, 1.82) is 0 Å². The monoisotopic (exact) mass is 333 g/mol. The van der Waals surface area contributed by atoms with Crippen LogP contribution in [-0.2, 0) is 11.3 Å². The van der Waals surface area contributed by atoms with Gasteiger partial charge in [0.1, 0.15) is 12.4 Å². The van der Waals surface area contributed by atoms with E-state index in [2.05, 4.69) is 17.2 Å². The number of fused-ring (bicyclic) bond motifs is 1. The van der Waals surface area contributed by atoms with Gasteiger partial charge in [0.2, 0.25) is 0 Å². The van der Waals surface area contributed by atoms with E-state index in [9.17, 15) is 9.18 Å². The van der Waals surface area contributed by atoms with Crippen molar-refractivity contribution >= 4 is 16.9 Å². The predicted molar refractivity (Wildman–Crippen MR) is 95.4 cm³/mol. The Balaban J connectivity index is 1.56. The van der Waals surface area contributed by atoms with Crippen LogP contribution in [0.25, 0.3) is 10.8 Å². The first-order valence-corrected chi connectivity index (χ1v) is 7.85. The topological polar surface area (TPSA) is 38.3 Å². The Hall–Kier alpha value is -3.32. The zero-order chi connectivity index (χ0) is 17.5. The molecule has 0 spiro atoms. The van der Waals surface area contributed by atoms with Gasteiger partial charge in [0, 0.05) is 16.3 Å². The Morgan fingerprint density at radius 1 is 0.960 bits per heavy atom. The van der Waals surface area contributed by atoms with Crippen molar-refractivity contribution in [3.8, 4) is 11.8 Å². The molecule has 1 N–H and O–H groups in total. The van der Waals surface area contributed by atoms with Crippen LogP contribution in [0.5, 0.6) is 0 Å². The Morgan fingerprint density at radius 3 is 2.48 bits per heavy atom. The second kappa shape index (κ2) is 7.98. The summed E-state index contributed by atoms with van der Waals surface area (Å²) < 4.78 is 18.9. The van der Waals surface area contributed by atoms with E-state index in [0.29, 0.717) is 5.39 Å². The fourth-order valence-corrected chi connectivity index (χ4v) is 2.40. The molecule has 0 aromatic heterocycles. The third kappa shape index (κ3) is 4.36. The number of hydrogen-bond donors (Lipinski definition) is 1. The van der Waals surface area contributed by atoms with E-state index in [1.807, 2.05) is 42.5 Å².